The second-order valence-corrected chi connectivity index (χ2v) is 3.58. The van der Waals surface area contributed by atoms with Gasteiger partial charge >= 0.3 is 17.8 Å². The van der Waals surface area contributed by atoms with E-state index in [1.807, 2.05) is 5.32 Å². The molecule has 0 aromatic rings. The van der Waals surface area contributed by atoms with Gasteiger partial charge in [0.15, 0.2) is 0 Å². The van der Waals surface area contributed by atoms with Gasteiger partial charge in [-0.05, 0) is 20.8 Å². The van der Waals surface area contributed by atoms with E-state index in [4.69, 9.17) is 5.11 Å². The van der Waals surface area contributed by atoms with Crippen LogP contribution in [0.4, 0.5) is 0 Å². The standard InChI is InChI=1S/C8H13NO5/c1-8(2,3)14-7(13)6(12)9-4-5(10)11/h4H2,1-3H3,(H,9,12)(H,10,11). The maximum atomic E-state index is 10.9. The van der Waals surface area contributed by atoms with Crippen molar-refractivity contribution in [2.45, 2.75) is 26.4 Å². The smallest absolute Gasteiger partial charge is 0.397 e. The first kappa shape index (κ1) is 12.4. The van der Waals surface area contributed by atoms with Crippen molar-refractivity contribution in [2.75, 3.05) is 6.54 Å². The minimum atomic E-state index is -1.22. The molecule has 0 aliphatic carbocycles. The number of esters is 1. The van der Waals surface area contributed by atoms with Gasteiger partial charge in [-0.2, -0.15) is 0 Å². The molecule has 2 N–H and O–H groups in total. The number of aliphatic carboxylic acids is 1. The number of ether oxygens (including phenoxy) is 1. The Morgan fingerprint density at radius 1 is 1.29 bits per heavy atom. The van der Waals surface area contributed by atoms with Crippen LogP contribution < -0.4 is 5.32 Å². The van der Waals surface area contributed by atoms with Gasteiger partial charge in [-0.15, -0.1) is 0 Å². The van der Waals surface area contributed by atoms with Crippen molar-refractivity contribution in [3.05, 3.63) is 0 Å². The van der Waals surface area contributed by atoms with Gasteiger partial charge in [-0.1, -0.05) is 0 Å². The molecule has 80 valence electrons. The Hall–Kier alpha value is -1.59. The molecule has 0 saturated carbocycles. The number of carboxylic acids is 1. The predicted octanol–water partition coefficient (Wildman–Crippen LogP) is -0.471. The van der Waals surface area contributed by atoms with Crippen molar-refractivity contribution in [3.8, 4) is 0 Å². The SMILES string of the molecule is CC(C)(C)OC(=O)C(=O)NCC(=O)O. The average molecular weight is 203 g/mol. The van der Waals surface area contributed by atoms with E-state index in [0.717, 1.165) is 0 Å². The van der Waals surface area contributed by atoms with E-state index in [1.54, 1.807) is 20.8 Å². The molecule has 6 heteroatoms. The summed E-state index contributed by atoms with van der Waals surface area (Å²) in [5, 5.41) is 10.1. The monoisotopic (exact) mass is 203 g/mol. The third kappa shape index (κ3) is 5.99. The summed E-state index contributed by atoms with van der Waals surface area (Å²) in [5.41, 5.74) is -0.766. The number of carbonyl (C=O) groups is 3. The molecule has 0 heterocycles. The molecule has 0 unspecified atom stereocenters. The van der Waals surface area contributed by atoms with E-state index in [1.165, 1.54) is 0 Å². The maximum Gasteiger partial charge on any atom is 0.397 e. The second-order valence-electron chi connectivity index (χ2n) is 3.58. The highest BCUT2D eigenvalue weighted by molar-refractivity contribution is 6.32. The van der Waals surface area contributed by atoms with Crippen molar-refractivity contribution in [1.82, 2.24) is 5.32 Å². The molecular formula is C8H13NO5. The molecule has 0 radical (unpaired) electrons. The van der Waals surface area contributed by atoms with Crippen LogP contribution in [-0.2, 0) is 19.1 Å². The third-order valence-corrected chi connectivity index (χ3v) is 0.984. The second kappa shape index (κ2) is 4.59. The molecule has 0 atom stereocenters. The zero-order valence-corrected chi connectivity index (χ0v) is 8.29. The number of amides is 1. The van der Waals surface area contributed by atoms with Crippen LogP contribution in [0.1, 0.15) is 20.8 Å². The van der Waals surface area contributed by atoms with Gasteiger partial charge in [0.1, 0.15) is 12.1 Å². The molecule has 0 spiro atoms. The summed E-state index contributed by atoms with van der Waals surface area (Å²) in [6.45, 7) is 4.22. The molecule has 0 aromatic carbocycles. The summed E-state index contributed by atoms with van der Waals surface area (Å²) in [4.78, 5) is 31.9. The van der Waals surface area contributed by atoms with Gasteiger partial charge in [-0.25, -0.2) is 4.79 Å². The fraction of sp³-hybridized carbons (Fsp3) is 0.625. The Labute approximate surface area is 81.2 Å². The number of rotatable bonds is 2. The van der Waals surface area contributed by atoms with Crippen LogP contribution >= 0.6 is 0 Å². The Balaban J connectivity index is 4.01. The van der Waals surface area contributed by atoms with E-state index in [-0.39, 0.29) is 0 Å². The van der Waals surface area contributed by atoms with E-state index < -0.39 is 30.0 Å². The van der Waals surface area contributed by atoms with Crippen LogP contribution in [-0.4, -0.2) is 35.1 Å². The van der Waals surface area contributed by atoms with Crippen molar-refractivity contribution >= 4 is 17.8 Å². The molecule has 1 amide bonds. The lowest BCUT2D eigenvalue weighted by Crippen LogP contribution is -2.39. The first-order valence-corrected chi connectivity index (χ1v) is 3.95. The summed E-state index contributed by atoms with van der Waals surface area (Å²) in [6, 6.07) is 0. The Morgan fingerprint density at radius 3 is 2.14 bits per heavy atom. The van der Waals surface area contributed by atoms with Crippen molar-refractivity contribution in [3.63, 3.8) is 0 Å². The molecule has 0 fully saturated rings. The number of hydrogen-bond donors (Lipinski definition) is 2. The molecule has 0 bridgehead atoms. The average Bonchev–Trinajstić information content (AvgIpc) is 1.96. The largest absolute Gasteiger partial charge is 0.480 e. The molecule has 0 rings (SSSR count). The summed E-state index contributed by atoms with van der Waals surface area (Å²) in [6.07, 6.45) is 0. The van der Waals surface area contributed by atoms with Gasteiger partial charge < -0.3 is 15.2 Å². The first-order chi connectivity index (χ1) is 6.22. The van der Waals surface area contributed by atoms with Crippen molar-refractivity contribution in [2.24, 2.45) is 0 Å². The first-order valence-electron chi connectivity index (χ1n) is 3.95. The van der Waals surface area contributed by atoms with Crippen LogP contribution in [0, 0.1) is 0 Å². The Kier molecular flexibility index (Phi) is 4.07. The lowest BCUT2D eigenvalue weighted by atomic mass is 10.2. The lowest BCUT2D eigenvalue weighted by Gasteiger charge is -2.18. The van der Waals surface area contributed by atoms with Gasteiger partial charge in [0.05, 0.1) is 0 Å². The predicted molar refractivity (Wildman–Crippen MR) is 46.5 cm³/mol. The van der Waals surface area contributed by atoms with E-state index in [9.17, 15) is 14.4 Å². The van der Waals surface area contributed by atoms with Gasteiger partial charge in [0.25, 0.3) is 0 Å². The molecule has 0 aliphatic heterocycles. The van der Waals surface area contributed by atoms with Crippen LogP contribution in [0.5, 0.6) is 0 Å². The highest BCUT2D eigenvalue weighted by Gasteiger charge is 2.22. The summed E-state index contributed by atoms with van der Waals surface area (Å²) < 4.78 is 4.69. The quantitative estimate of drug-likeness (QED) is 0.467. The van der Waals surface area contributed by atoms with Gasteiger partial charge in [0, 0.05) is 0 Å². The molecule has 0 aliphatic rings. The molecular weight excluding hydrogens is 190 g/mol. The summed E-state index contributed by atoms with van der Waals surface area (Å²) in [5.74, 6) is -3.36. The van der Waals surface area contributed by atoms with Crippen molar-refractivity contribution in [1.29, 1.82) is 0 Å². The lowest BCUT2D eigenvalue weighted by molar-refractivity contribution is -0.163. The summed E-state index contributed by atoms with van der Waals surface area (Å²) >= 11 is 0. The fourth-order valence-corrected chi connectivity index (χ4v) is 0.553. The van der Waals surface area contributed by atoms with Crippen LogP contribution in [0.2, 0.25) is 0 Å². The Morgan fingerprint density at radius 2 is 1.79 bits per heavy atom. The number of carbonyl (C=O) groups excluding carboxylic acids is 2. The van der Waals surface area contributed by atoms with Crippen LogP contribution in [0.15, 0.2) is 0 Å². The fourth-order valence-electron chi connectivity index (χ4n) is 0.553. The minimum absolute atomic E-state index is 0.599. The molecule has 0 saturated heterocycles. The molecule has 0 aromatic heterocycles. The minimum Gasteiger partial charge on any atom is -0.480 e. The number of nitrogens with one attached hydrogen (secondary N) is 1. The number of carboxylic acid groups (broad SMARTS) is 1. The summed E-state index contributed by atoms with van der Waals surface area (Å²) in [7, 11) is 0. The van der Waals surface area contributed by atoms with Gasteiger partial charge in [-0.3, -0.25) is 9.59 Å². The highest BCUT2D eigenvalue weighted by Crippen LogP contribution is 2.06. The van der Waals surface area contributed by atoms with Gasteiger partial charge in [0.2, 0.25) is 0 Å². The van der Waals surface area contributed by atoms with Crippen LogP contribution in [0.25, 0.3) is 0 Å². The highest BCUT2D eigenvalue weighted by atomic mass is 16.6. The third-order valence-electron chi connectivity index (χ3n) is 0.984. The Bertz CT molecular complexity index is 253. The van der Waals surface area contributed by atoms with E-state index in [0.29, 0.717) is 0 Å². The molecule has 6 nitrogen and oxygen atoms in total. The normalized spacial score (nSPS) is 10.5. The van der Waals surface area contributed by atoms with E-state index in [2.05, 4.69) is 4.74 Å². The zero-order chi connectivity index (χ0) is 11.4. The van der Waals surface area contributed by atoms with E-state index >= 15 is 0 Å². The zero-order valence-electron chi connectivity index (χ0n) is 8.29. The van der Waals surface area contributed by atoms with Crippen molar-refractivity contribution < 1.29 is 24.2 Å². The molecule has 14 heavy (non-hydrogen) atoms. The van der Waals surface area contributed by atoms with Crippen LogP contribution in [0.3, 0.4) is 0 Å². The number of hydrogen-bond acceptors (Lipinski definition) is 4. The topological polar surface area (TPSA) is 92.7 Å². The maximum absolute atomic E-state index is 10.9.